The highest BCUT2D eigenvalue weighted by atomic mass is 79.9. The number of carbonyl (C=O) groups excluding carboxylic acids is 1. The number of hydrogen-bond acceptors (Lipinski definition) is 2. The third kappa shape index (κ3) is 3.05. The van der Waals surface area contributed by atoms with Gasteiger partial charge in [0, 0.05) is 17.6 Å². The first-order chi connectivity index (χ1) is 10.5. The Morgan fingerprint density at radius 1 is 1.27 bits per heavy atom. The fourth-order valence-corrected chi connectivity index (χ4v) is 3.37. The Labute approximate surface area is 137 Å². The molecule has 0 radical (unpaired) electrons. The van der Waals surface area contributed by atoms with Crippen LogP contribution in [0.3, 0.4) is 0 Å². The quantitative estimate of drug-likeness (QED) is 0.912. The molecule has 3 nitrogen and oxygen atoms in total. The molecule has 0 bridgehead atoms. The van der Waals surface area contributed by atoms with Crippen LogP contribution in [0.4, 0.5) is 4.39 Å². The first-order valence-electron chi connectivity index (χ1n) is 7.08. The minimum atomic E-state index is -0.341. The van der Waals surface area contributed by atoms with Gasteiger partial charge in [0.1, 0.15) is 5.82 Å². The van der Waals surface area contributed by atoms with Crippen molar-refractivity contribution in [3.63, 3.8) is 0 Å². The van der Waals surface area contributed by atoms with Gasteiger partial charge < -0.3 is 5.73 Å². The van der Waals surface area contributed by atoms with Gasteiger partial charge in [0.25, 0.3) is 0 Å². The maximum atomic E-state index is 13.2. The molecule has 0 saturated carbocycles. The van der Waals surface area contributed by atoms with Crippen LogP contribution in [-0.4, -0.2) is 16.8 Å². The van der Waals surface area contributed by atoms with Gasteiger partial charge in [-0.05, 0) is 35.2 Å². The molecule has 1 unspecified atom stereocenters. The number of fused-ring (bicyclic) bond motifs is 1. The largest absolute Gasteiger partial charge is 0.368 e. The third-order valence-corrected chi connectivity index (χ3v) is 4.80. The van der Waals surface area contributed by atoms with Crippen molar-refractivity contribution in [2.45, 2.75) is 25.6 Å². The first-order valence-corrected chi connectivity index (χ1v) is 7.88. The molecular weight excluding hydrogens is 347 g/mol. The second-order valence-electron chi connectivity index (χ2n) is 5.53. The molecule has 1 aliphatic rings. The van der Waals surface area contributed by atoms with Gasteiger partial charge in [-0.2, -0.15) is 0 Å². The second-order valence-corrected chi connectivity index (χ2v) is 6.39. The van der Waals surface area contributed by atoms with Gasteiger partial charge in [-0.15, -0.1) is 0 Å². The monoisotopic (exact) mass is 362 g/mol. The van der Waals surface area contributed by atoms with E-state index in [1.807, 2.05) is 23.1 Å². The lowest BCUT2D eigenvalue weighted by atomic mass is 9.93. The molecule has 2 aromatic carbocycles. The van der Waals surface area contributed by atoms with Crippen LogP contribution in [0.1, 0.15) is 16.7 Å². The molecule has 5 heteroatoms. The summed E-state index contributed by atoms with van der Waals surface area (Å²) in [6, 6.07) is 12.3. The summed E-state index contributed by atoms with van der Waals surface area (Å²) in [5.74, 6) is -0.612. The number of halogens is 2. The highest BCUT2D eigenvalue weighted by molar-refractivity contribution is 9.10. The van der Waals surface area contributed by atoms with Gasteiger partial charge in [-0.25, -0.2) is 4.39 Å². The molecule has 0 aliphatic carbocycles. The van der Waals surface area contributed by atoms with Crippen molar-refractivity contribution in [1.29, 1.82) is 0 Å². The van der Waals surface area contributed by atoms with Crippen molar-refractivity contribution < 1.29 is 9.18 Å². The van der Waals surface area contributed by atoms with E-state index < -0.39 is 0 Å². The number of nitrogens with two attached hydrogens (primary N) is 1. The lowest BCUT2D eigenvalue weighted by Crippen LogP contribution is -2.48. The van der Waals surface area contributed by atoms with Crippen molar-refractivity contribution >= 4 is 21.8 Å². The summed E-state index contributed by atoms with van der Waals surface area (Å²) in [6.07, 6.45) is 0.615. The zero-order valence-electron chi connectivity index (χ0n) is 11.9. The normalized spacial score (nSPS) is 18.0. The molecule has 22 heavy (non-hydrogen) atoms. The molecule has 0 saturated heterocycles. The minimum Gasteiger partial charge on any atom is -0.368 e. The predicted octanol–water partition coefficient (Wildman–Crippen LogP) is 3.00. The Kier molecular flexibility index (Phi) is 4.27. The van der Waals surface area contributed by atoms with Gasteiger partial charge in [0.05, 0.1) is 6.04 Å². The average molecular weight is 363 g/mol. The van der Waals surface area contributed by atoms with E-state index >= 15 is 0 Å². The molecule has 0 aromatic heterocycles. The van der Waals surface area contributed by atoms with Gasteiger partial charge in [0.15, 0.2) is 0 Å². The van der Waals surface area contributed by atoms with Crippen LogP contribution in [-0.2, 0) is 24.3 Å². The summed E-state index contributed by atoms with van der Waals surface area (Å²) >= 11 is 3.38. The molecule has 2 aromatic rings. The smallest absolute Gasteiger partial charge is 0.235 e. The minimum absolute atomic E-state index is 0.286. The Morgan fingerprint density at radius 3 is 2.68 bits per heavy atom. The first kappa shape index (κ1) is 15.2. The second kappa shape index (κ2) is 6.18. The summed E-state index contributed by atoms with van der Waals surface area (Å²) in [6.45, 7) is 1.20. The summed E-state index contributed by atoms with van der Waals surface area (Å²) in [7, 11) is 0. The van der Waals surface area contributed by atoms with Gasteiger partial charge in [0.2, 0.25) is 5.91 Å². The molecule has 1 heterocycles. The number of rotatable bonds is 3. The van der Waals surface area contributed by atoms with Crippen LogP contribution in [0.15, 0.2) is 46.9 Å². The summed E-state index contributed by atoms with van der Waals surface area (Å²) in [4.78, 5) is 13.9. The number of nitrogens with zero attached hydrogens (tertiary/aromatic N) is 1. The van der Waals surface area contributed by atoms with Crippen LogP contribution in [0.2, 0.25) is 0 Å². The van der Waals surface area contributed by atoms with Crippen molar-refractivity contribution in [2.75, 3.05) is 0 Å². The Morgan fingerprint density at radius 2 is 2.00 bits per heavy atom. The van der Waals surface area contributed by atoms with Crippen molar-refractivity contribution in [1.82, 2.24) is 4.90 Å². The molecule has 1 aliphatic heterocycles. The number of primary amides is 1. The maximum Gasteiger partial charge on any atom is 0.235 e. The Balaban J connectivity index is 1.89. The summed E-state index contributed by atoms with van der Waals surface area (Å²) in [5.41, 5.74) is 8.89. The number of benzene rings is 2. The van der Waals surface area contributed by atoms with Crippen molar-refractivity contribution in [3.8, 4) is 0 Å². The van der Waals surface area contributed by atoms with Gasteiger partial charge in [-0.3, -0.25) is 9.69 Å². The fraction of sp³-hybridized carbons (Fsp3) is 0.235. The lowest BCUT2D eigenvalue weighted by molar-refractivity contribution is -0.124. The van der Waals surface area contributed by atoms with Crippen LogP contribution in [0, 0.1) is 5.82 Å². The fourth-order valence-electron chi connectivity index (χ4n) is 2.89. The predicted molar refractivity (Wildman–Crippen MR) is 86.5 cm³/mol. The molecule has 0 spiro atoms. The van der Waals surface area contributed by atoms with E-state index in [0.29, 0.717) is 24.0 Å². The van der Waals surface area contributed by atoms with E-state index in [0.717, 1.165) is 5.56 Å². The highest BCUT2D eigenvalue weighted by Gasteiger charge is 2.30. The van der Waals surface area contributed by atoms with Crippen LogP contribution in [0.5, 0.6) is 0 Å². The molecule has 1 amide bonds. The number of carbonyl (C=O) groups is 1. The van der Waals surface area contributed by atoms with Crippen molar-refractivity contribution in [3.05, 3.63) is 69.4 Å². The molecule has 1 atom stereocenters. The van der Waals surface area contributed by atoms with E-state index in [-0.39, 0.29) is 17.8 Å². The van der Waals surface area contributed by atoms with Gasteiger partial charge >= 0.3 is 0 Å². The number of hydrogen-bond donors (Lipinski definition) is 1. The molecule has 114 valence electrons. The van der Waals surface area contributed by atoms with E-state index in [4.69, 9.17) is 5.73 Å². The zero-order chi connectivity index (χ0) is 15.7. The Hall–Kier alpha value is -1.72. The lowest BCUT2D eigenvalue weighted by Gasteiger charge is -2.35. The Bertz CT molecular complexity index is 720. The summed E-state index contributed by atoms with van der Waals surface area (Å²) < 4.78 is 13.9. The van der Waals surface area contributed by atoms with E-state index in [2.05, 4.69) is 22.0 Å². The third-order valence-electron chi connectivity index (χ3n) is 4.06. The molecule has 0 fully saturated rings. The van der Waals surface area contributed by atoms with Crippen LogP contribution < -0.4 is 5.73 Å². The standard InChI is InChI=1S/C17H16BrFN2O/c18-15-8-14(19)6-5-13(15)10-21-9-12-4-2-1-3-11(12)7-16(21)17(20)22/h1-6,8,16H,7,9-10H2,(H2,20,22). The van der Waals surface area contributed by atoms with Crippen LogP contribution >= 0.6 is 15.9 Å². The van der Waals surface area contributed by atoms with Crippen molar-refractivity contribution in [2.24, 2.45) is 5.73 Å². The van der Waals surface area contributed by atoms with E-state index in [1.165, 1.54) is 23.3 Å². The molecular formula is C17H16BrFN2O. The van der Waals surface area contributed by atoms with E-state index in [9.17, 15) is 9.18 Å². The molecule has 2 N–H and O–H groups in total. The van der Waals surface area contributed by atoms with E-state index in [1.54, 1.807) is 6.07 Å². The maximum absolute atomic E-state index is 13.2. The topological polar surface area (TPSA) is 46.3 Å². The summed E-state index contributed by atoms with van der Waals surface area (Å²) in [5, 5.41) is 0. The average Bonchev–Trinajstić information content (AvgIpc) is 2.49. The van der Waals surface area contributed by atoms with Gasteiger partial charge in [-0.1, -0.05) is 46.3 Å². The SMILES string of the molecule is NC(=O)C1Cc2ccccc2CN1Cc1ccc(F)cc1Br. The van der Waals surface area contributed by atoms with Crippen LogP contribution in [0.25, 0.3) is 0 Å². The highest BCUT2D eigenvalue weighted by Crippen LogP contribution is 2.27. The zero-order valence-corrected chi connectivity index (χ0v) is 13.5. The number of amides is 1. The molecule has 3 rings (SSSR count).